The second-order valence-electron chi connectivity index (χ2n) is 4.57. The van der Waals surface area contributed by atoms with Crippen molar-refractivity contribution in [1.29, 1.82) is 0 Å². The highest BCUT2D eigenvalue weighted by molar-refractivity contribution is 6.09. The number of hydrogen-bond acceptors (Lipinski definition) is 3. The molecule has 1 aromatic rings. The van der Waals surface area contributed by atoms with Crippen molar-refractivity contribution in [2.75, 3.05) is 11.4 Å². The maximum absolute atomic E-state index is 13.8. The third-order valence-corrected chi connectivity index (χ3v) is 3.31. The Labute approximate surface area is 122 Å². The van der Waals surface area contributed by atoms with Crippen molar-refractivity contribution in [3.63, 3.8) is 0 Å². The lowest BCUT2D eigenvalue weighted by molar-refractivity contribution is -0.146. The van der Waals surface area contributed by atoms with Gasteiger partial charge in [0.2, 0.25) is 11.7 Å². The molecule has 5 nitrogen and oxygen atoms in total. The summed E-state index contributed by atoms with van der Waals surface area (Å²) < 4.78 is 56.1. The van der Waals surface area contributed by atoms with Gasteiger partial charge in [-0.2, -0.15) is 13.2 Å². The monoisotopic (exact) mass is 321 g/mol. The van der Waals surface area contributed by atoms with Gasteiger partial charge < -0.3 is 14.7 Å². The molecule has 0 spiro atoms. The van der Waals surface area contributed by atoms with Gasteiger partial charge in [0, 0.05) is 6.54 Å². The number of fused-ring (bicyclic) bond motifs is 1. The molecular weight excluding hydrogens is 310 g/mol. The first-order chi connectivity index (χ1) is 10.3. The molecule has 1 unspecified atom stereocenters. The van der Waals surface area contributed by atoms with E-state index in [9.17, 15) is 27.2 Å². The number of anilines is 1. The van der Waals surface area contributed by atoms with Crippen molar-refractivity contribution in [2.45, 2.75) is 20.0 Å². The van der Waals surface area contributed by atoms with E-state index in [0.29, 0.717) is 6.07 Å². The summed E-state index contributed by atoms with van der Waals surface area (Å²) in [6.45, 7) is -2.09. The molecule has 0 bridgehead atoms. The van der Waals surface area contributed by atoms with Crippen LogP contribution in [0.25, 0.3) is 0 Å². The van der Waals surface area contributed by atoms with Crippen LogP contribution in [0.2, 0.25) is 0 Å². The number of carbonyl (C=O) groups is 2. The number of hydrogen-bond donors (Lipinski definition) is 1. The number of carboxylic acids is 1. The number of ether oxygens (including phenoxy) is 1. The largest absolute Gasteiger partial charge is 0.481 e. The Hall–Kier alpha value is -2.32. The summed E-state index contributed by atoms with van der Waals surface area (Å²) in [6, 6.07) is 0.689. The highest BCUT2D eigenvalue weighted by atomic mass is 19.3. The third-order valence-electron chi connectivity index (χ3n) is 3.31. The summed E-state index contributed by atoms with van der Waals surface area (Å²) in [5, 5.41) is 9.02. The van der Waals surface area contributed by atoms with Gasteiger partial charge in [0.1, 0.15) is 5.92 Å². The summed E-state index contributed by atoms with van der Waals surface area (Å²) in [6.07, 6.45) is -0.434. The van der Waals surface area contributed by atoms with E-state index in [0.717, 1.165) is 4.90 Å². The second-order valence-corrected chi connectivity index (χ2v) is 4.57. The quantitative estimate of drug-likeness (QED) is 0.682. The number of nitrogens with zero attached hydrogens (tertiary/aromatic N) is 1. The number of benzene rings is 1. The molecule has 1 amide bonds. The molecule has 0 aromatic heterocycles. The molecule has 1 aliphatic rings. The first kappa shape index (κ1) is 16.1. The lowest BCUT2D eigenvalue weighted by atomic mass is 9.91. The molecule has 22 heavy (non-hydrogen) atoms. The maximum Gasteiger partial charge on any atom is 0.387 e. The highest BCUT2D eigenvalue weighted by Gasteiger charge is 2.40. The van der Waals surface area contributed by atoms with Crippen LogP contribution >= 0.6 is 0 Å². The van der Waals surface area contributed by atoms with E-state index in [1.807, 2.05) is 0 Å². The third kappa shape index (κ3) is 2.58. The van der Waals surface area contributed by atoms with Crippen molar-refractivity contribution in [3.05, 3.63) is 23.3 Å². The molecule has 9 heteroatoms. The average Bonchev–Trinajstić information content (AvgIpc) is 2.43. The molecule has 1 heterocycles. The number of alkyl halides is 2. The summed E-state index contributed by atoms with van der Waals surface area (Å²) >= 11 is 0. The van der Waals surface area contributed by atoms with Gasteiger partial charge in [-0.3, -0.25) is 9.59 Å². The van der Waals surface area contributed by atoms with Crippen LogP contribution in [0.4, 0.5) is 23.2 Å². The molecule has 0 fully saturated rings. The molecule has 0 saturated carbocycles. The van der Waals surface area contributed by atoms with Crippen LogP contribution in [0.15, 0.2) is 6.07 Å². The smallest absolute Gasteiger partial charge is 0.387 e. The van der Waals surface area contributed by atoms with Crippen molar-refractivity contribution in [2.24, 2.45) is 5.92 Å². The normalized spacial score (nSPS) is 17.6. The van der Waals surface area contributed by atoms with Crippen LogP contribution in [0, 0.1) is 17.6 Å². The predicted molar refractivity (Wildman–Crippen MR) is 65.8 cm³/mol. The van der Waals surface area contributed by atoms with E-state index in [4.69, 9.17) is 5.11 Å². The summed E-state index contributed by atoms with van der Waals surface area (Å²) in [5.74, 6) is -8.02. The second kappa shape index (κ2) is 5.82. The average molecular weight is 321 g/mol. The molecule has 120 valence electrons. The van der Waals surface area contributed by atoms with E-state index < -0.39 is 48.2 Å². The highest BCUT2D eigenvalue weighted by Crippen LogP contribution is 2.42. The van der Waals surface area contributed by atoms with Crippen LogP contribution in [0.5, 0.6) is 5.75 Å². The number of halogens is 4. The molecular formula is C13H11F4NO4. The van der Waals surface area contributed by atoms with E-state index in [1.165, 1.54) is 6.92 Å². The van der Waals surface area contributed by atoms with Crippen LogP contribution in [0.3, 0.4) is 0 Å². The fourth-order valence-corrected chi connectivity index (χ4v) is 2.40. The van der Waals surface area contributed by atoms with Gasteiger partial charge in [-0.1, -0.05) is 0 Å². The molecule has 0 aliphatic carbocycles. The van der Waals surface area contributed by atoms with Crippen molar-refractivity contribution in [1.82, 2.24) is 0 Å². The number of amides is 1. The van der Waals surface area contributed by atoms with Crippen LogP contribution < -0.4 is 9.64 Å². The summed E-state index contributed by atoms with van der Waals surface area (Å²) in [5.41, 5.74) is -0.437. The minimum atomic E-state index is -3.42. The Balaban J connectivity index is 2.67. The van der Waals surface area contributed by atoms with Crippen LogP contribution in [-0.2, 0) is 16.0 Å². The molecule has 1 aliphatic heterocycles. The zero-order valence-corrected chi connectivity index (χ0v) is 11.3. The molecule has 2 rings (SSSR count). The number of aliphatic carboxylic acids is 1. The topological polar surface area (TPSA) is 66.8 Å². The SMILES string of the molecule is CCN1C(=O)C(C(=O)O)Cc2cc(F)c(F)c(OC(F)F)c21. The van der Waals surface area contributed by atoms with E-state index in [1.54, 1.807) is 0 Å². The lowest BCUT2D eigenvalue weighted by Crippen LogP contribution is -2.44. The van der Waals surface area contributed by atoms with Gasteiger partial charge in [0.25, 0.3) is 0 Å². The van der Waals surface area contributed by atoms with Gasteiger partial charge in [0.15, 0.2) is 11.6 Å². The van der Waals surface area contributed by atoms with Crippen molar-refractivity contribution < 1.29 is 37.0 Å². The summed E-state index contributed by atoms with van der Waals surface area (Å²) in [7, 11) is 0. The minimum absolute atomic E-state index is 0.0802. The standard InChI is InChI=1S/C13H11F4NO4/c1-2-18-9-5(3-6(11(18)19)12(20)21)4-7(14)8(15)10(9)22-13(16)17/h4,6,13H,2-3H2,1H3,(H,20,21). The van der Waals surface area contributed by atoms with Crippen molar-refractivity contribution >= 4 is 17.6 Å². The van der Waals surface area contributed by atoms with Gasteiger partial charge in [-0.05, 0) is 25.0 Å². The van der Waals surface area contributed by atoms with Crippen molar-refractivity contribution in [3.8, 4) is 5.75 Å². The van der Waals surface area contributed by atoms with Gasteiger partial charge in [0.05, 0.1) is 5.69 Å². The Morgan fingerprint density at radius 1 is 1.50 bits per heavy atom. The lowest BCUT2D eigenvalue weighted by Gasteiger charge is -2.33. The minimum Gasteiger partial charge on any atom is -0.481 e. The zero-order valence-electron chi connectivity index (χ0n) is 11.3. The Kier molecular flexibility index (Phi) is 4.25. The predicted octanol–water partition coefficient (Wildman–Crippen LogP) is 2.18. The van der Waals surface area contributed by atoms with E-state index >= 15 is 0 Å². The van der Waals surface area contributed by atoms with E-state index in [-0.39, 0.29) is 17.8 Å². The van der Waals surface area contributed by atoms with Gasteiger partial charge >= 0.3 is 12.6 Å². The molecule has 0 radical (unpaired) electrons. The Morgan fingerprint density at radius 3 is 2.64 bits per heavy atom. The van der Waals surface area contributed by atoms with Crippen LogP contribution in [-0.4, -0.2) is 30.1 Å². The van der Waals surface area contributed by atoms with Crippen LogP contribution in [0.1, 0.15) is 12.5 Å². The van der Waals surface area contributed by atoms with Gasteiger partial charge in [-0.15, -0.1) is 0 Å². The summed E-state index contributed by atoms with van der Waals surface area (Å²) in [4.78, 5) is 24.0. The fraction of sp³-hybridized carbons (Fsp3) is 0.385. The Bertz CT molecular complexity index is 635. The molecule has 1 atom stereocenters. The fourth-order valence-electron chi connectivity index (χ4n) is 2.40. The number of rotatable bonds is 4. The molecule has 0 saturated heterocycles. The van der Waals surface area contributed by atoms with E-state index in [2.05, 4.69) is 4.74 Å². The Morgan fingerprint density at radius 2 is 2.14 bits per heavy atom. The first-order valence-electron chi connectivity index (χ1n) is 6.27. The molecule has 1 N–H and O–H groups in total. The zero-order chi connectivity index (χ0) is 16.6. The number of carboxylic acid groups (broad SMARTS) is 1. The molecule has 1 aromatic carbocycles. The van der Waals surface area contributed by atoms with Gasteiger partial charge in [-0.25, -0.2) is 4.39 Å². The first-order valence-corrected chi connectivity index (χ1v) is 6.27. The number of carbonyl (C=O) groups excluding carboxylic acids is 1. The maximum atomic E-state index is 13.8.